The molecule has 0 bridgehead atoms. The number of benzene rings is 2. The Hall–Kier alpha value is -0.560. The van der Waals surface area contributed by atoms with E-state index in [1.165, 1.54) is 11.1 Å². The molecule has 0 spiro atoms. The third kappa shape index (κ3) is 3.30. The Morgan fingerprint density at radius 3 is 1.29 bits per heavy atom. The van der Waals surface area contributed by atoms with Crippen molar-refractivity contribution in [2.45, 2.75) is 0 Å². The Morgan fingerprint density at radius 2 is 0.929 bits per heavy atom. The Bertz CT molecular complexity index is 316. The zero-order chi connectivity index (χ0) is 8.93. The van der Waals surface area contributed by atoms with E-state index in [1.54, 1.807) is 0 Å². The van der Waals surface area contributed by atoms with E-state index in [2.05, 4.69) is 55.0 Å². The quantitative estimate of drug-likeness (QED) is 0.640. The Morgan fingerprint density at radius 1 is 0.571 bits per heavy atom. The molecule has 0 aliphatic heterocycles. The predicted octanol–water partition coefficient (Wildman–Crippen LogP) is 2.64. The van der Waals surface area contributed by atoms with Crippen molar-refractivity contribution in [3.8, 4) is 0 Å². The van der Waals surface area contributed by atoms with E-state index in [9.17, 15) is 0 Å². The summed E-state index contributed by atoms with van der Waals surface area (Å²) >= 11 is 0. The van der Waals surface area contributed by atoms with Crippen LogP contribution >= 0.6 is 0 Å². The molecule has 0 saturated carbocycles. The molecule has 1 heteroatoms. The van der Waals surface area contributed by atoms with Crippen LogP contribution in [0.15, 0.2) is 60.7 Å². The average Bonchev–Trinajstić information content (AvgIpc) is 2.21. The van der Waals surface area contributed by atoms with Crippen molar-refractivity contribution >= 4 is 29.6 Å². The van der Waals surface area contributed by atoms with Crippen molar-refractivity contribution in [3.63, 3.8) is 0 Å². The summed E-state index contributed by atoms with van der Waals surface area (Å²) < 4.78 is 0. The Balaban J connectivity index is 0.000000980. The first-order valence-corrected chi connectivity index (χ1v) is 4.40. The summed E-state index contributed by atoms with van der Waals surface area (Å²) in [5.74, 6) is 0. The molecule has 0 unspecified atom stereocenters. The van der Waals surface area contributed by atoms with Crippen molar-refractivity contribution < 1.29 is 0 Å². The zero-order valence-electron chi connectivity index (χ0n) is 7.35. The van der Waals surface area contributed by atoms with Crippen molar-refractivity contribution in [3.05, 3.63) is 78.2 Å². The fourth-order valence-corrected chi connectivity index (χ4v) is 1.29. The molecule has 0 nitrogen and oxygen atoms in total. The topological polar surface area (TPSA) is 0 Å². The van der Waals surface area contributed by atoms with E-state index < -0.39 is 0 Å². The third-order valence-corrected chi connectivity index (χ3v) is 1.93. The summed E-state index contributed by atoms with van der Waals surface area (Å²) in [6.07, 6.45) is 2.17. The first-order valence-electron chi connectivity index (χ1n) is 4.40. The fourth-order valence-electron chi connectivity index (χ4n) is 1.29. The van der Waals surface area contributed by atoms with Gasteiger partial charge in [-0.1, -0.05) is 60.7 Å². The van der Waals surface area contributed by atoms with E-state index in [-0.39, 0.29) is 29.6 Å². The Kier molecular flexibility index (Phi) is 4.95. The van der Waals surface area contributed by atoms with Crippen LogP contribution in [0.2, 0.25) is 0 Å². The molecule has 0 heterocycles. The van der Waals surface area contributed by atoms with Crippen LogP contribution in [-0.4, -0.2) is 29.6 Å². The standard InChI is InChI=1S/C13H11.Na.H/c1-3-7-12(8-4-1)11-13-9-5-2-6-10-13;;/h1-11H;;. The van der Waals surface area contributed by atoms with E-state index >= 15 is 0 Å². The molecule has 0 atom stereocenters. The van der Waals surface area contributed by atoms with Gasteiger partial charge in [-0.05, 0) is 11.1 Å². The van der Waals surface area contributed by atoms with Gasteiger partial charge in [-0.3, -0.25) is 0 Å². The molecule has 0 amide bonds. The molecule has 0 aromatic heterocycles. The molecule has 0 aliphatic rings. The second-order valence-corrected chi connectivity index (χ2v) is 2.97. The summed E-state index contributed by atoms with van der Waals surface area (Å²) in [5.41, 5.74) is 2.49. The van der Waals surface area contributed by atoms with Crippen molar-refractivity contribution in [1.29, 1.82) is 0 Å². The normalized spacial score (nSPS) is 9.14. The molecule has 2 aromatic carbocycles. The molecule has 0 fully saturated rings. The van der Waals surface area contributed by atoms with Gasteiger partial charge in [0, 0.05) is 6.42 Å². The van der Waals surface area contributed by atoms with E-state index in [1.807, 2.05) is 12.1 Å². The number of hydrogen-bond acceptors (Lipinski definition) is 0. The molecule has 0 N–H and O–H groups in total. The van der Waals surface area contributed by atoms with Gasteiger partial charge in [-0.15, -0.1) is 0 Å². The summed E-state index contributed by atoms with van der Waals surface area (Å²) in [5, 5.41) is 0. The zero-order valence-corrected chi connectivity index (χ0v) is 7.35. The van der Waals surface area contributed by atoms with Crippen molar-refractivity contribution in [1.82, 2.24) is 0 Å². The monoisotopic (exact) mass is 191 g/mol. The van der Waals surface area contributed by atoms with Gasteiger partial charge >= 0.3 is 29.6 Å². The second-order valence-electron chi connectivity index (χ2n) is 2.97. The van der Waals surface area contributed by atoms with Crippen LogP contribution in [0.25, 0.3) is 0 Å². The second kappa shape index (κ2) is 6.02. The molecule has 65 valence electrons. The van der Waals surface area contributed by atoms with Crippen LogP contribution < -0.4 is 0 Å². The number of rotatable bonds is 2. The van der Waals surface area contributed by atoms with Gasteiger partial charge in [0.05, 0.1) is 0 Å². The van der Waals surface area contributed by atoms with Crippen molar-refractivity contribution in [2.24, 2.45) is 0 Å². The van der Waals surface area contributed by atoms with Gasteiger partial charge in [0.2, 0.25) is 0 Å². The average molecular weight is 191 g/mol. The summed E-state index contributed by atoms with van der Waals surface area (Å²) in [4.78, 5) is 0. The molecule has 2 aromatic rings. The first-order chi connectivity index (χ1) is 6.45. The van der Waals surface area contributed by atoms with Gasteiger partial charge < -0.3 is 0 Å². The molecule has 2 rings (SSSR count). The van der Waals surface area contributed by atoms with Gasteiger partial charge in [0.1, 0.15) is 0 Å². The van der Waals surface area contributed by atoms with Gasteiger partial charge in [0.25, 0.3) is 0 Å². The maximum absolute atomic E-state index is 2.17. The van der Waals surface area contributed by atoms with Crippen molar-refractivity contribution in [2.75, 3.05) is 0 Å². The van der Waals surface area contributed by atoms with Crippen LogP contribution in [0.5, 0.6) is 0 Å². The Labute approximate surface area is 107 Å². The van der Waals surface area contributed by atoms with E-state index in [0.717, 1.165) is 0 Å². The molecule has 0 aliphatic carbocycles. The minimum absolute atomic E-state index is 0. The van der Waals surface area contributed by atoms with E-state index in [0.29, 0.717) is 0 Å². The maximum atomic E-state index is 2.17. The fraction of sp³-hybridized carbons (Fsp3) is 0. The summed E-state index contributed by atoms with van der Waals surface area (Å²) in [7, 11) is 0. The van der Waals surface area contributed by atoms with Crippen LogP contribution in [0.3, 0.4) is 0 Å². The van der Waals surface area contributed by atoms with Gasteiger partial charge in [-0.25, -0.2) is 0 Å². The van der Waals surface area contributed by atoms with E-state index in [4.69, 9.17) is 0 Å². The number of hydrogen-bond donors (Lipinski definition) is 0. The SMILES string of the molecule is [CH](c1ccccc1)c1ccccc1.[NaH]. The first kappa shape index (κ1) is 11.5. The van der Waals surface area contributed by atoms with Crippen LogP contribution in [0.1, 0.15) is 11.1 Å². The molecule has 1 radical (unpaired) electrons. The third-order valence-electron chi connectivity index (χ3n) is 1.93. The molecule has 0 saturated heterocycles. The van der Waals surface area contributed by atoms with Crippen LogP contribution in [0.4, 0.5) is 0 Å². The van der Waals surface area contributed by atoms with Crippen LogP contribution in [-0.2, 0) is 0 Å². The summed E-state index contributed by atoms with van der Waals surface area (Å²) in [6, 6.07) is 20.7. The molecular weight excluding hydrogens is 179 g/mol. The molecular formula is C13H12Na. The predicted molar refractivity (Wildman–Crippen MR) is 62.5 cm³/mol. The summed E-state index contributed by atoms with van der Waals surface area (Å²) in [6.45, 7) is 0. The van der Waals surface area contributed by atoms with Crippen LogP contribution in [0, 0.1) is 6.42 Å². The molecule has 14 heavy (non-hydrogen) atoms. The van der Waals surface area contributed by atoms with Gasteiger partial charge in [0.15, 0.2) is 0 Å². The minimum atomic E-state index is 0. The van der Waals surface area contributed by atoms with Gasteiger partial charge in [-0.2, -0.15) is 0 Å².